The lowest BCUT2D eigenvalue weighted by Crippen LogP contribution is -2.05. The first-order valence-electron chi connectivity index (χ1n) is 4.37. The first-order chi connectivity index (χ1) is 4.54. The van der Waals surface area contributed by atoms with Gasteiger partial charge in [0, 0.05) is 0 Å². The van der Waals surface area contributed by atoms with E-state index in [1.54, 1.807) is 0 Å². The molecule has 0 aromatic carbocycles. The molecule has 61 valence electrons. The summed E-state index contributed by atoms with van der Waals surface area (Å²) in [6.45, 7) is 11.4. The van der Waals surface area contributed by atoms with Gasteiger partial charge in [0.15, 0.2) is 0 Å². The van der Waals surface area contributed by atoms with Crippen LogP contribution in [0.4, 0.5) is 0 Å². The summed E-state index contributed by atoms with van der Waals surface area (Å²) in [6, 6.07) is 0. The van der Waals surface area contributed by atoms with E-state index in [1.807, 2.05) is 0 Å². The average molecular weight is 141 g/mol. The fourth-order valence-electron chi connectivity index (χ4n) is 0.759. The van der Waals surface area contributed by atoms with Crippen LogP contribution >= 0.6 is 0 Å². The van der Waals surface area contributed by atoms with E-state index >= 15 is 0 Å². The van der Waals surface area contributed by atoms with Crippen LogP contribution in [0.15, 0.2) is 0 Å². The van der Waals surface area contributed by atoms with Crippen molar-refractivity contribution in [3.8, 4) is 0 Å². The quantitative estimate of drug-likeness (QED) is 0.562. The molecule has 0 amide bonds. The molecule has 1 radical (unpaired) electrons. The molecule has 0 saturated heterocycles. The summed E-state index contributed by atoms with van der Waals surface area (Å²) < 4.78 is 0. The zero-order valence-corrected chi connectivity index (χ0v) is 8.02. The first kappa shape index (κ1) is 10.0. The van der Waals surface area contributed by atoms with E-state index in [9.17, 15) is 0 Å². The molecule has 0 rings (SSSR count). The van der Waals surface area contributed by atoms with Crippen molar-refractivity contribution in [2.45, 2.75) is 41.0 Å². The molecule has 0 aliphatic heterocycles. The van der Waals surface area contributed by atoms with Crippen LogP contribution in [-0.4, -0.2) is 0 Å². The summed E-state index contributed by atoms with van der Waals surface area (Å²) in [4.78, 5) is 0. The highest BCUT2D eigenvalue weighted by Crippen LogP contribution is 2.17. The van der Waals surface area contributed by atoms with Crippen LogP contribution in [0.25, 0.3) is 0 Å². The molecule has 0 heteroatoms. The molecule has 10 heavy (non-hydrogen) atoms. The summed E-state index contributed by atoms with van der Waals surface area (Å²) in [5, 5.41) is 0. The number of hydrogen-bond acceptors (Lipinski definition) is 0. The van der Waals surface area contributed by atoms with Crippen LogP contribution in [0.2, 0.25) is 0 Å². The molecule has 1 unspecified atom stereocenters. The number of rotatable bonds is 4. The van der Waals surface area contributed by atoms with Gasteiger partial charge in [-0.2, -0.15) is 0 Å². The Kier molecular flexibility index (Phi) is 4.76. The molecular weight excluding hydrogens is 120 g/mol. The Morgan fingerprint density at radius 2 is 1.50 bits per heavy atom. The highest BCUT2D eigenvalue weighted by molar-refractivity contribution is 4.75. The van der Waals surface area contributed by atoms with Crippen molar-refractivity contribution in [2.24, 2.45) is 17.8 Å². The molecule has 0 aliphatic rings. The van der Waals surface area contributed by atoms with Crippen LogP contribution < -0.4 is 0 Å². The van der Waals surface area contributed by atoms with Gasteiger partial charge in [0.05, 0.1) is 0 Å². The van der Waals surface area contributed by atoms with Gasteiger partial charge in [-0.1, -0.05) is 34.6 Å². The lowest BCUT2D eigenvalue weighted by Gasteiger charge is -2.15. The van der Waals surface area contributed by atoms with E-state index in [1.165, 1.54) is 6.42 Å². The van der Waals surface area contributed by atoms with Gasteiger partial charge >= 0.3 is 0 Å². The third-order valence-electron chi connectivity index (χ3n) is 2.03. The van der Waals surface area contributed by atoms with Crippen LogP contribution in [0.3, 0.4) is 0 Å². The van der Waals surface area contributed by atoms with Crippen LogP contribution in [0.5, 0.6) is 0 Å². The van der Waals surface area contributed by atoms with Gasteiger partial charge in [-0.25, -0.2) is 0 Å². The van der Waals surface area contributed by atoms with Gasteiger partial charge < -0.3 is 0 Å². The summed E-state index contributed by atoms with van der Waals surface area (Å²) in [5.74, 6) is 2.40. The lowest BCUT2D eigenvalue weighted by molar-refractivity contribution is 0.441. The van der Waals surface area contributed by atoms with Gasteiger partial charge in [0.25, 0.3) is 0 Å². The van der Waals surface area contributed by atoms with Crippen LogP contribution in [-0.2, 0) is 0 Å². The fourth-order valence-corrected chi connectivity index (χ4v) is 0.759. The molecule has 1 atom stereocenters. The maximum Gasteiger partial charge on any atom is -0.0352 e. The summed E-state index contributed by atoms with van der Waals surface area (Å²) in [5.41, 5.74) is 0. The molecular formula is C10H21. The minimum Gasteiger partial charge on any atom is -0.0628 e. The summed E-state index contributed by atoms with van der Waals surface area (Å²) >= 11 is 0. The Balaban J connectivity index is 3.30. The minimum absolute atomic E-state index is 0.780. The largest absolute Gasteiger partial charge is 0.0628 e. The van der Waals surface area contributed by atoms with E-state index in [2.05, 4.69) is 41.0 Å². The fraction of sp³-hybridized carbons (Fsp3) is 0.900. The molecule has 0 saturated carbocycles. The maximum absolute atomic E-state index is 2.44. The second-order valence-corrected chi connectivity index (χ2v) is 3.97. The monoisotopic (exact) mass is 141 g/mol. The highest BCUT2D eigenvalue weighted by Gasteiger charge is 2.07. The van der Waals surface area contributed by atoms with Crippen LogP contribution in [0.1, 0.15) is 41.0 Å². The van der Waals surface area contributed by atoms with Gasteiger partial charge in [-0.3, -0.25) is 0 Å². The van der Waals surface area contributed by atoms with Crippen molar-refractivity contribution >= 4 is 0 Å². The van der Waals surface area contributed by atoms with Crippen molar-refractivity contribution in [3.05, 3.63) is 6.42 Å². The van der Waals surface area contributed by atoms with E-state index in [-0.39, 0.29) is 0 Å². The molecule has 0 N–H and O–H groups in total. The smallest absolute Gasteiger partial charge is 0.0352 e. The Morgan fingerprint density at radius 3 is 1.80 bits per heavy atom. The lowest BCUT2D eigenvalue weighted by atomic mass is 9.91. The van der Waals surface area contributed by atoms with Crippen molar-refractivity contribution in [3.63, 3.8) is 0 Å². The molecule has 0 aromatic heterocycles. The Morgan fingerprint density at radius 1 is 1.00 bits per heavy atom. The second kappa shape index (κ2) is 4.76. The summed E-state index contributed by atoms with van der Waals surface area (Å²) in [7, 11) is 0. The Labute approximate surface area is 66.0 Å². The van der Waals surface area contributed by atoms with E-state index in [0.29, 0.717) is 0 Å². The van der Waals surface area contributed by atoms with Crippen molar-refractivity contribution in [1.82, 2.24) is 0 Å². The van der Waals surface area contributed by atoms with Gasteiger partial charge in [-0.15, -0.1) is 0 Å². The Bertz CT molecular complexity index is 72.1. The predicted octanol–water partition coefficient (Wildman–Crippen LogP) is 3.53. The molecule has 0 nitrogen and oxygen atoms in total. The molecule has 0 heterocycles. The van der Waals surface area contributed by atoms with Crippen molar-refractivity contribution in [2.75, 3.05) is 0 Å². The van der Waals surface area contributed by atoms with Gasteiger partial charge in [0.1, 0.15) is 0 Å². The van der Waals surface area contributed by atoms with E-state index in [0.717, 1.165) is 17.8 Å². The average Bonchev–Trinajstić information content (AvgIpc) is 1.82. The van der Waals surface area contributed by atoms with Crippen LogP contribution in [0, 0.1) is 24.2 Å². The van der Waals surface area contributed by atoms with Gasteiger partial charge in [0.2, 0.25) is 0 Å². The SMILES string of the molecule is CC(C)C[CH]C(C)C(C)C. The molecule has 0 aromatic rings. The summed E-state index contributed by atoms with van der Waals surface area (Å²) in [6.07, 6.45) is 3.70. The van der Waals surface area contributed by atoms with Gasteiger partial charge in [-0.05, 0) is 30.6 Å². The zero-order valence-electron chi connectivity index (χ0n) is 8.02. The zero-order chi connectivity index (χ0) is 8.15. The molecule has 0 spiro atoms. The molecule has 0 bridgehead atoms. The second-order valence-electron chi connectivity index (χ2n) is 3.97. The normalized spacial score (nSPS) is 14.7. The first-order valence-corrected chi connectivity index (χ1v) is 4.37. The topological polar surface area (TPSA) is 0 Å². The number of hydrogen-bond donors (Lipinski definition) is 0. The van der Waals surface area contributed by atoms with Crippen molar-refractivity contribution in [1.29, 1.82) is 0 Å². The Hall–Kier alpha value is 0. The third-order valence-corrected chi connectivity index (χ3v) is 2.03. The maximum atomic E-state index is 2.44. The predicted molar refractivity (Wildman–Crippen MR) is 47.8 cm³/mol. The molecule has 0 aliphatic carbocycles. The standard InChI is InChI=1S/C10H21/c1-8(2)6-7-10(5)9(3)4/h7-10H,6H2,1-5H3. The highest BCUT2D eigenvalue weighted by atomic mass is 14.1. The van der Waals surface area contributed by atoms with E-state index < -0.39 is 0 Å². The van der Waals surface area contributed by atoms with Crippen molar-refractivity contribution < 1.29 is 0 Å². The third kappa shape index (κ3) is 4.84. The van der Waals surface area contributed by atoms with E-state index in [4.69, 9.17) is 0 Å². The minimum atomic E-state index is 0.780. The molecule has 0 fully saturated rings.